The van der Waals surface area contributed by atoms with Gasteiger partial charge in [0, 0.05) is 25.7 Å². The molecule has 0 spiro atoms. The van der Waals surface area contributed by atoms with Crippen LogP contribution >= 0.6 is 0 Å². The summed E-state index contributed by atoms with van der Waals surface area (Å²) in [5.41, 5.74) is 7.63. The fourth-order valence-corrected chi connectivity index (χ4v) is 8.59. The van der Waals surface area contributed by atoms with Crippen molar-refractivity contribution in [3.05, 3.63) is 107 Å². The van der Waals surface area contributed by atoms with Crippen molar-refractivity contribution in [1.82, 2.24) is 0 Å². The molecular formula is C50H54O8. The molecule has 0 N–H and O–H groups in total. The summed E-state index contributed by atoms with van der Waals surface area (Å²) < 4.78 is 23.9. The third-order valence-corrected chi connectivity index (χ3v) is 11.4. The van der Waals surface area contributed by atoms with E-state index in [4.69, 9.17) is 18.9 Å². The van der Waals surface area contributed by atoms with Crippen molar-refractivity contribution in [3.8, 4) is 22.3 Å². The summed E-state index contributed by atoms with van der Waals surface area (Å²) >= 11 is 0. The lowest BCUT2D eigenvalue weighted by Crippen LogP contribution is -2.22. The molecule has 0 saturated carbocycles. The van der Waals surface area contributed by atoms with Crippen LogP contribution in [0.4, 0.5) is 0 Å². The summed E-state index contributed by atoms with van der Waals surface area (Å²) in [6.45, 7) is 7.85. The van der Waals surface area contributed by atoms with Crippen LogP contribution in [-0.2, 0) is 38.1 Å². The molecule has 4 atom stereocenters. The van der Waals surface area contributed by atoms with Gasteiger partial charge in [-0.15, -0.1) is 0 Å². The van der Waals surface area contributed by atoms with Gasteiger partial charge in [0.05, 0.1) is 0 Å². The van der Waals surface area contributed by atoms with Gasteiger partial charge in [-0.1, -0.05) is 88.4 Å². The van der Waals surface area contributed by atoms with Crippen LogP contribution in [-0.4, -0.2) is 23.9 Å². The van der Waals surface area contributed by atoms with E-state index >= 15 is 0 Å². The molecule has 0 amide bonds. The molecule has 2 aliphatic rings. The first kappa shape index (κ1) is 40.7. The van der Waals surface area contributed by atoms with Crippen LogP contribution < -0.4 is 0 Å². The van der Waals surface area contributed by atoms with Gasteiger partial charge in [0.1, 0.15) is 24.4 Å². The number of esters is 4. The summed E-state index contributed by atoms with van der Waals surface area (Å²) in [6.07, 6.45) is 5.02. The first-order valence-electron chi connectivity index (χ1n) is 21.2. The normalized spacial score (nSPS) is 18.6. The summed E-state index contributed by atoms with van der Waals surface area (Å²) in [7, 11) is 0. The number of ether oxygens (including phenoxy) is 4. The largest absolute Gasteiger partial charge is 0.457 e. The van der Waals surface area contributed by atoms with Crippen molar-refractivity contribution in [1.29, 1.82) is 0 Å². The molecule has 8 nitrogen and oxygen atoms in total. The maximum atomic E-state index is 12.7. The van der Waals surface area contributed by atoms with Crippen LogP contribution in [0.15, 0.2) is 84.9 Å². The van der Waals surface area contributed by atoms with Crippen molar-refractivity contribution in [3.63, 3.8) is 0 Å². The van der Waals surface area contributed by atoms with Crippen LogP contribution in [0.1, 0.15) is 151 Å². The van der Waals surface area contributed by atoms with Crippen LogP contribution in [0, 0.1) is 0 Å². The molecule has 0 fully saturated rings. The van der Waals surface area contributed by atoms with Gasteiger partial charge in [-0.05, 0) is 142 Å². The van der Waals surface area contributed by atoms with E-state index in [1.54, 1.807) is 0 Å². The summed E-state index contributed by atoms with van der Waals surface area (Å²) in [5.74, 6) is -0.876. The van der Waals surface area contributed by atoms with Crippen molar-refractivity contribution in [2.24, 2.45) is 0 Å². The Morgan fingerprint density at radius 2 is 0.759 bits per heavy atom. The van der Waals surface area contributed by atoms with Crippen molar-refractivity contribution < 1.29 is 38.1 Å². The fourth-order valence-electron chi connectivity index (χ4n) is 8.59. The predicted octanol–water partition coefficient (Wildman–Crippen LogP) is 12.5. The molecule has 0 saturated heterocycles. The van der Waals surface area contributed by atoms with Gasteiger partial charge in [-0.25, -0.2) is 0 Å². The van der Waals surface area contributed by atoms with E-state index in [-0.39, 0.29) is 36.1 Å². The first-order valence-corrected chi connectivity index (χ1v) is 21.2. The standard InChI is InChI=1S/C50H54O8/c1-5-11-47(51)55-43-23-25-45(57-49(53)13-7-3)41-29-33(19-21-37(41)43)35-17-9-15-31-28-40-32(27-39(31)35)16-10-18-36(40)34-20-22-38-42(30-34)46(58-50(54)14-8-4)26-24-44(38)56-48(52)12-6-2/h9-10,15-22,27-30,43-46H,5-8,11-14,23-26H2,1-4H3. The Hall–Kier alpha value is -5.50. The third kappa shape index (κ3) is 8.81. The second kappa shape index (κ2) is 18.4. The lowest BCUT2D eigenvalue weighted by Gasteiger charge is -2.31. The number of benzene rings is 5. The average Bonchev–Trinajstić information content (AvgIpc) is 3.21. The zero-order valence-corrected chi connectivity index (χ0v) is 34.1. The van der Waals surface area contributed by atoms with Gasteiger partial charge in [-0.3, -0.25) is 19.2 Å². The Balaban J connectivity index is 1.28. The number of rotatable bonds is 14. The van der Waals surface area contributed by atoms with Gasteiger partial charge in [0.2, 0.25) is 0 Å². The maximum absolute atomic E-state index is 12.7. The summed E-state index contributed by atoms with van der Waals surface area (Å²) in [4.78, 5) is 50.6. The quantitative estimate of drug-likeness (QED) is 0.0623. The highest BCUT2D eigenvalue weighted by molar-refractivity contribution is 6.09. The van der Waals surface area contributed by atoms with Crippen LogP contribution in [0.25, 0.3) is 43.8 Å². The second-order valence-corrected chi connectivity index (χ2v) is 15.7. The minimum Gasteiger partial charge on any atom is -0.457 e. The Morgan fingerprint density at radius 3 is 1.09 bits per heavy atom. The molecule has 8 heteroatoms. The lowest BCUT2D eigenvalue weighted by atomic mass is 9.83. The minimum atomic E-state index is -0.418. The number of hydrogen-bond donors (Lipinski definition) is 0. The fraction of sp³-hybridized carbons (Fsp3) is 0.400. The molecule has 4 unspecified atom stereocenters. The molecule has 5 aromatic carbocycles. The van der Waals surface area contributed by atoms with Gasteiger partial charge in [-0.2, -0.15) is 0 Å². The van der Waals surface area contributed by atoms with Crippen molar-refractivity contribution >= 4 is 45.4 Å². The lowest BCUT2D eigenvalue weighted by molar-refractivity contribution is -0.156. The highest BCUT2D eigenvalue weighted by Crippen LogP contribution is 2.45. The van der Waals surface area contributed by atoms with E-state index in [1.807, 2.05) is 39.8 Å². The Kier molecular flexibility index (Phi) is 12.9. The van der Waals surface area contributed by atoms with Crippen LogP contribution in [0.2, 0.25) is 0 Å². The molecule has 0 heterocycles. The van der Waals surface area contributed by atoms with Crippen molar-refractivity contribution in [2.45, 2.75) is 129 Å². The SMILES string of the molecule is CCCC(=O)OC1CCC(OC(=O)CCC)c2cc(-c3cccc4cc5c(-c6ccc7c(c6)C(OC(=O)CCC)CCC7OC(=O)CCC)cccc5cc34)ccc21. The molecular weight excluding hydrogens is 729 g/mol. The number of carbonyl (C=O) groups excluding carboxylic acids is 4. The highest BCUT2D eigenvalue weighted by Gasteiger charge is 2.34. The van der Waals surface area contributed by atoms with Crippen molar-refractivity contribution in [2.75, 3.05) is 0 Å². The highest BCUT2D eigenvalue weighted by atomic mass is 16.6. The van der Waals surface area contributed by atoms with Gasteiger partial charge in [0.15, 0.2) is 0 Å². The van der Waals surface area contributed by atoms with Gasteiger partial charge >= 0.3 is 23.9 Å². The second-order valence-electron chi connectivity index (χ2n) is 15.7. The maximum Gasteiger partial charge on any atom is 0.306 e. The Labute approximate surface area is 341 Å². The monoisotopic (exact) mass is 782 g/mol. The smallest absolute Gasteiger partial charge is 0.306 e. The third-order valence-electron chi connectivity index (χ3n) is 11.4. The number of carbonyl (C=O) groups is 4. The molecule has 7 rings (SSSR count). The summed E-state index contributed by atoms with van der Waals surface area (Å²) in [5, 5.41) is 4.30. The molecule has 0 bridgehead atoms. The van der Waals surface area contributed by atoms with E-state index in [9.17, 15) is 19.2 Å². The van der Waals surface area contributed by atoms with E-state index in [0.717, 1.165) is 66.1 Å². The molecule has 0 radical (unpaired) electrons. The first-order chi connectivity index (χ1) is 28.2. The Morgan fingerprint density at radius 1 is 0.431 bits per heavy atom. The molecule has 302 valence electrons. The zero-order valence-electron chi connectivity index (χ0n) is 34.1. The number of fused-ring (bicyclic) bond motifs is 4. The van der Waals surface area contributed by atoms with E-state index in [0.29, 0.717) is 77.0 Å². The molecule has 0 aromatic heterocycles. The molecule has 0 aliphatic heterocycles. The van der Waals surface area contributed by atoms with Crippen LogP contribution in [0.5, 0.6) is 0 Å². The van der Waals surface area contributed by atoms with E-state index in [2.05, 4.69) is 72.8 Å². The average molecular weight is 783 g/mol. The zero-order chi connectivity index (χ0) is 40.8. The predicted molar refractivity (Wildman–Crippen MR) is 226 cm³/mol. The van der Waals surface area contributed by atoms with E-state index in [1.165, 1.54) is 0 Å². The van der Waals surface area contributed by atoms with E-state index < -0.39 is 12.2 Å². The van der Waals surface area contributed by atoms with Gasteiger partial charge in [0.25, 0.3) is 0 Å². The minimum absolute atomic E-state index is 0.216. The van der Waals surface area contributed by atoms with Gasteiger partial charge < -0.3 is 18.9 Å². The topological polar surface area (TPSA) is 105 Å². The van der Waals surface area contributed by atoms with Crippen LogP contribution in [0.3, 0.4) is 0 Å². The number of hydrogen-bond acceptors (Lipinski definition) is 8. The Bertz CT molecular complexity index is 2160. The molecule has 5 aromatic rings. The summed E-state index contributed by atoms with van der Waals surface area (Å²) in [6, 6.07) is 29.5. The molecule has 58 heavy (non-hydrogen) atoms. The molecule has 2 aliphatic carbocycles.